The number of aromatic nitrogens is 1. The SMILES string of the molecule is CS(=O)(=O)N1CCC(C(=O)N2CCS/C2=C/c2csc(NCc3ccccc3)n2)CC1. The Balaban J connectivity index is 1.37. The second-order valence-corrected chi connectivity index (χ2v) is 11.6. The highest BCUT2D eigenvalue weighted by Crippen LogP contribution is 2.33. The molecular weight excluding hydrogens is 452 g/mol. The van der Waals surface area contributed by atoms with Crippen molar-refractivity contribution in [2.45, 2.75) is 19.4 Å². The summed E-state index contributed by atoms with van der Waals surface area (Å²) in [7, 11) is -3.19. The van der Waals surface area contributed by atoms with E-state index in [1.807, 2.05) is 34.6 Å². The molecule has 166 valence electrons. The maximum atomic E-state index is 13.1. The van der Waals surface area contributed by atoms with Crippen LogP contribution in [0, 0.1) is 5.92 Å². The van der Waals surface area contributed by atoms with Crippen LogP contribution in [0.1, 0.15) is 24.1 Å². The highest BCUT2D eigenvalue weighted by Gasteiger charge is 2.34. The third-order valence-electron chi connectivity index (χ3n) is 5.45. The molecule has 4 rings (SSSR count). The summed E-state index contributed by atoms with van der Waals surface area (Å²) in [4.78, 5) is 19.6. The molecule has 2 aromatic rings. The number of benzene rings is 1. The van der Waals surface area contributed by atoms with E-state index in [-0.39, 0.29) is 11.8 Å². The monoisotopic (exact) mass is 478 g/mol. The van der Waals surface area contributed by atoms with Gasteiger partial charge in [-0.2, -0.15) is 0 Å². The van der Waals surface area contributed by atoms with E-state index in [4.69, 9.17) is 0 Å². The first-order valence-electron chi connectivity index (χ1n) is 10.2. The number of nitrogens with zero attached hydrogens (tertiary/aromatic N) is 3. The number of nitrogens with one attached hydrogen (secondary N) is 1. The van der Waals surface area contributed by atoms with Crippen molar-refractivity contribution >= 4 is 50.2 Å². The van der Waals surface area contributed by atoms with Crippen molar-refractivity contribution in [3.63, 3.8) is 0 Å². The number of carbonyl (C=O) groups excluding carboxylic acids is 1. The zero-order valence-corrected chi connectivity index (χ0v) is 19.8. The summed E-state index contributed by atoms with van der Waals surface area (Å²) in [6.07, 6.45) is 4.35. The smallest absolute Gasteiger partial charge is 0.230 e. The Morgan fingerprint density at radius 1 is 1.23 bits per heavy atom. The summed E-state index contributed by atoms with van der Waals surface area (Å²) in [5.41, 5.74) is 2.04. The molecule has 0 aliphatic carbocycles. The number of hydrogen-bond donors (Lipinski definition) is 1. The molecule has 1 aromatic carbocycles. The fourth-order valence-electron chi connectivity index (χ4n) is 3.76. The minimum atomic E-state index is -3.19. The van der Waals surface area contributed by atoms with Crippen molar-refractivity contribution in [2.75, 3.05) is 37.0 Å². The number of piperidine rings is 1. The van der Waals surface area contributed by atoms with Gasteiger partial charge in [-0.15, -0.1) is 23.1 Å². The summed E-state index contributed by atoms with van der Waals surface area (Å²) in [5, 5.41) is 7.12. The highest BCUT2D eigenvalue weighted by molar-refractivity contribution is 8.03. The molecule has 31 heavy (non-hydrogen) atoms. The third kappa shape index (κ3) is 5.68. The molecule has 2 saturated heterocycles. The number of rotatable bonds is 6. The van der Waals surface area contributed by atoms with Gasteiger partial charge in [-0.25, -0.2) is 17.7 Å². The van der Waals surface area contributed by atoms with Crippen LogP contribution in [-0.4, -0.2) is 60.2 Å². The van der Waals surface area contributed by atoms with Crippen molar-refractivity contribution in [3.8, 4) is 0 Å². The average molecular weight is 479 g/mol. The van der Waals surface area contributed by atoms with Crippen molar-refractivity contribution in [2.24, 2.45) is 5.92 Å². The lowest BCUT2D eigenvalue weighted by Crippen LogP contribution is -2.43. The van der Waals surface area contributed by atoms with Gasteiger partial charge in [-0.3, -0.25) is 4.79 Å². The van der Waals surface area contributed by atoms with Gasteiger partial charge in [0.2, 0.25) is 15.9 Å². The first kappa shape index (κ1) is 22.3. The Morgan fingerprint density at radius 2 is 1.97 bits per heavy atom. The molecule has 7 nitrogen and oxygen atoms in total. The standard InChI is InChI=1S/C21H26N4O3S3/c1-31(27,28)24-9-7-17(8-10-24)20(26)25-11-12-29-19(25)13-18-15-30-21(23-18)22-14-16-5-3-2-4-6-16/h2-6,13,15,17H,7-12,14H2,1H3,(H,22,23)/b19-13+. The van der Waals surface area contributed by atoms with E-state index < -0.39 is 10.0 Å². The summed E-state index contributed by atoms with van der Waals surface area (Å²) in [6.45, 7) is 2.23. The number of sulfonamides is 1. The van der Waals surface area contributed by atoms with Crippen molar-refractivity contribution in [1.82, 2.24) is 14.2 Å². The first-order valence-corrected chi connectivity index (χ1v) is 14.0. The Morgan fingerprint density at radius 3 is 2.68 bits per heavy atom. The van der Waals surface area contributed by atoms with Crippen LogP contribution in [0.4, 0.5) is 5.13 Å². The number of thioether (sulfide) groups is 1. The third-order valence-corrected chi connectivity index (χ3v) is 8.59. The van der Waals surface area contributed by atoms with Crippen LogP contribution in [0.2, 0.25) is 0 Å². The minimum absolute atomic E-state index is 0.0991. The van der Waals surface area contributed by atoms with Gasteiger partial charge < -0.3 is 10.2 Å². The summed E-state index contributed by atoms with van der Waals surface area (Å²) < 4.78 is 24.9. The van der Waals surface area contributed by atoms with Crippen LogP contribution in [0.25, 0.3) is 6.08 Å². The normalized spacial score (nSPS) is 19.8. The second-order valence-electron chi connectivity index (χ2n) is 7.67. The van der Waals surface area contributed by atoms with Gasteiger partial charge in [0.15, 0.2) is 5.13 Å². The molecule has 0 saturated carbocycles. The maximum Gasteiger partial charge on any atom is 0.230 e. The largest absolute Gasteiger partial charge is 0.357 e. The van der Waals surface area contributed by atoms with Crippen LogP contribution in [-0.2, 0) is 21.4 Å². The molecule has 10 heteroatoms. The molecule has 3 heterocycles. The van der Waals surface area contributed by atoms with Gasteiger partial charge in [0, 0.05) is 43.2 Å². The number of anilines is 1. The van der Waals surface area contributed by atoms with E-state index in [9.17, 15) is 13.2 Å². The van der Waals surface area contributed by atoms with E-state index in [0.717, 1.165) is 28.2 Å². The molecule has 1 aromatic heterocycles. The average Bonchev–Trinajstić information content (AvgIpc) is 3.42. The Kier molecular flexibility index (Phi) is 7.00. The van der Waals surface area contributed by atoms with Gasteiger partial charge in [0.1, 0.15) is 0 Å². The van der Waals surface area contributed by atoms with E-state index in [2.05, 4.69) is 22.4 Å². The molecule has 0 atom stereocenters. The van der Waals surface area contributed by atoms with Gasteiger partial charge >= 0.3 is 0 Å². The lowest BCUT2D eigenvalue weighted by Gasteiger charge is -2.31. The second kappa shape index (κ2) is 9.72. The van der Waals surface area contributed by atoms with Gasteiger partial charge in [-0.1, -0.05) is 30.3 Å². The zero-order chi connectivity index (χ0) is 21.8. The minimum Gasteiger partial charge on any atom is -0.357 e. The predicted molar refractivity (Wildman–Crippen MR) is 127 cm³/mol. The molecule has 0 unspecified atom stereocenters. The molecule has 2 fully saturated rings. The van der Waals surface area contributed by atoms with Gasteiger partial charge in [-0.05, 0) is 24.5 Å². The van der Waals surface area contributed by atoms with Crippen molar-refractivity contribution < 1.29 is 13.2 Å². The number of hydrogen-bond acceptors (Lipinski definition) is 7. The van der Waals surface area contributed by atoms with Gasteiger partial charge in [0.25, 0.3) is 0 Å². The summed E-state index contributed by atoms with van der Waals surface area (Å²) in [6, 6.07) is 10.2. The van der Waals surface area contributed by atoms with E-state index in [0.29, 0.717) is 32.5 Å². The Labute approximate surface area is 191 Å². The fraction of sp³-hybridized carbons (Fsp3) is 0.429. The van der Waals surface area contributed by atoms with Crippen molar-refractivity contribution in [3.05, 3.63) is 52.0 Å². The topological polar surface area (TPSA) is 82.6 Å². The zero-order valence-electron chi connectivity index (χ0n) is 17.4. The van der Waals surface area contributed by atoms with Crippen LogP contribution in [0.3, 0.4) is 0 Å². The molecule has 1 amide bonds. The molecular formula is C21H26N4O3S3. The lowest BCUT2D eigenvalue weighted by molar-refractivity contribution is -0.133. The van der Waals surface area contributed by atoms with E-state index >= 15 is 0 Å². The molecule has 0 bridgehead atoms. The van der Waals surface area contributed by atoms with Crippen LogP contribution < -0.4 is 5.32 Å². The molecule has 2 aliphatic rings. The van der Waals surface area contributed by atoms with Crippen LogP contribution in [0.5, 0.6) is 0 Å². The number of carbonyl (C=O) groups is 1. The fourth-order valence-corrected chi connectivity index (χ4v) is 6.32. The molecule has 0 radical (unpaired) electrons. The predicted octanol–water partition coefficient (Wildman–Crippen LogP) is 3.30. The molecule has 2 aliphatic heterocycles. The number of thiazole rings is 1. The van der Waals surface area contributed by atoms with Crippen molar-refractivity contribution in [1.29, 1.82) is 0 Å². The lowest BCUT2D eigenvalue weighted by atomic mass is 9.96. The molecule has 1 N–H and O–H groups in total. The van der Waals surface area contributed by atoms with Crippen LogP contribution >= 0.6 is 23.1 Å². The first-order chi connectivity index (χ1) is 14.9. The quantitative estimate of drug-likeness (QED) is 0.686. The van der Waals surface area contributed by atoms with E-state index in [1.54, 1.807) is 23.1 Å². The maximum absolute atomic E-state index is 13.1. The summed E-state index contributed by atoms with van der Waals surface area (Å²) >= 11 is 3.22. The Bertz CT molecular complexity index is 1040. The molecule has 0 spiro atoms. The summed E-state index contributed by atoms with van der Waals surface area (Å²) in [5.74, 6) is 0.837. The number of amides is 1. The van der Waals surface area contributed by atoms with Gasteiger partial charge in [0.05, 0.1) is 17.0 Å². The van der Waals surface area contributed by atoms with E-state index in [1.165, 1.54) is 16.1 Å². The highest BCUT2D eigenvalue weighted by atomic mass is 32.2. The Hall–Kier alpha value is -1.88. The van der Waals surface area contributed by atoms with Crippen LogP contribution in [0.15, 0.2) is 40.7 Å².